The summed E-state index contributed by atoms with van der Waals surface area (Å²) in [5.41, 5.74) is -0.869. The van der Waals surface area contributed by atoms with Crippen LogP contribution in [0.25, 0.3) is 0 Å². The Labute approximate surface area is 176 Å². The monoisotopic (exact) mass is 517 g/mol. The molecule has 2 heterocycles. The van der Waals surface area contributed by atoms with E-state index in [2.05, 4.69) is 37.7 Å². The summed E-state index contributed by atoms with van der Waals surface area (Å²) in [6.07, 6.45) is -2.45. The third kappa shape index (κ3) is 7.24. The summed E-state index contributed by atoms with van der Waals surface area (Å²) in [6, 6.07) is 0. The molecule has 2 rings (SSSR count). The van der Waals surface area contributed by atoms with Crippen LogP contribution in [0, 0.1) is 6.92 Å². The molecule has 2 aromatic rings. The number of unbranched alkanes of at least 4 members (excludes halogenated alkanes) is 1. The van der Waals surface area contributed by atoms with Crippen molar-refractivity contribution in [2.75, 3.05) is 6.54 Å². The Bertz CT molecular complexity index is 742. The molecule has 27 heavy (non-hydrogen) atoms. The van der Waals surface area contributed by atoms with Crippen LogP contribution in [0.4, 0.5) is 13.2 Å². The predicted molar refractivity (Wildman–Crippen MR) is 109 cm³/mol. The van der Waals surface area contributed by atoms with Gasteiger partial charge in [0.1, 0.15) is 17.4 Å². The summed E-state index contributed by atoms with van der Waals surface area (Å²) in [4.78, 5) is 8.04. The molecular formula is C15H23F3IN7S. The molecule has 0 amide bonds. The Morgan fingerprint density at radius 3 is 2.59 bits per heavy atom. The molecule has 0 bridgehead atoms. The van der Waals surface area contributed by atoms with Gasteiger partial charge >= 0.3 is 6.18 Å². The third-order valence-electron chi connectivity index (χ3n) is 3.63. The SMILES string of the molecule is CCCCNC(=NCc1nnc(C)n1C)NCc1nc(C(F)(F)F)cs1.I. The van der Waals surface area contributed by atoms with Gasteiger partial charge in [-0.1, -0.05) is 13.3 Å². The van der Waals surface area contributed by atoms with E-state index in [1.165, 1.54) is 0 Å². The van der Waals surface area contributed by atoms with Crippen molar-refractivity contribution in [3.05, 3.63) is 27.7 Å². The lowest BCUT2D eigenvalue weighted by atomic mass is 10.3. The highest BCUT2D eigenvalue weighted by atomic mass is 127. The highest BCUT2D eigenvalue weighted by Gasteiger charge is 2.33. The average molecular weight is 517 g/mol. The van der Waals surface area contributed by atoms with Gasteiger partial charge in [0.15, 0.2) is 17.5 Å². The zero-order chi connectivity index (χ0) is 19.2. The molecular weight excluding hydrogens is 494 g/mol. The van der Waals surface area contributed by atoms with Gasteiger partial charge in [-0.05, 0) is 13.3 Å². The lowest BCUT2D eigenvalue weighted by Gasteiger charge is -2.11. The topological polar surface area (TPSA) is 80.0 Å². The van der Waals surface area contributed by atoms with Gasteiger partial charge < -0.3 is 15.2 Å². The molecule has 0 aromatic carbocycles. The number of thiazole rings is 1. The zero-order valence-electron chi connectivity index (χ0n) is 15.3. The first-order valence-electron chi connectivity index (χ1n) is 8.20. The second-order valence-electron chi connectivity index (χ2n) is 5.65. The number of aromatic nitrogens is 4. The van der Waals surface area contributed by atoms with Crippen LogP contribution in [0.15, 0.2) is 10.4 Å². The van der Waals surface area contributed by atoms with Crippen LogP contribution in [0.3, 0.4) is 0 Å². The number of guanidine groups is 1. The molecule has 0 aliphatic heterocycles. The Hall–Kier alpha value is -1.44. The predicted octanol–water partition coefficient (Wildman–Crippen LogP) is 3.25. The number of hydrogen-bond acceptors (Lipinski definition) is 5. The van der Waals surface area contributed by atoms with Crippen molar-refractivity contribution in [3.8, 4) is 0 Å². The van der Waals surface area contributed by atoms with Crippen molar-refractivity contribution in [1.29, 1.82) is 0 Å². The number of nitrogens with one attached hydrogen (secondary N) is 2. The van der Waals surface area contributed by atoms with Crippen molar-refractivity contribution in [2.24, 2.45) is 12.0 Å². The molecule has 0 atom stereocenters. The number of alkyl halides is 3. The molecule has 0 saturated heterocycles. The third-order valence-corrected chi connectivity index (χ3v) is 4.48. The fourth-order valence-corrected chi connectivity index (χ4v) is 2.72. The summed E-state index contributed by atoms with van der Waals surface area (Å²) in [5, 5.41) is 15.6. The Morgan fingerprint density at radius 2 is 2.04 bits per heavy atom. The van der Waals surface area contributed by atoms with Crippen LogP contribution >= 0.6 is 35.3 Å². The standard InChI is InChI=1S/C15H22F3N7S.HI/c1-4-5-6-19-14(20-7-12-24-23-10(2)25(12)3)21-8-13-22-11(9-26-13)15(16,17)18;/h9H,4-8H2,1-3H3,(H2,19,20,21);1H. The first-order chi connectivity index (χ1) is 12.3. The van der Waals surface area contributed by atoms with Crippen LogP contribution in [0.2, 0.25) is 0 Å². The average Bonchev–Trinajstić information content (AvgIpc) is 3.18. The summed E-state index contributed by atoms with van der Waals surface area (Å²) in [5.74, 6) is 1.99. The lowest BCUT2D eigenvalue weighted by Crippen LogP contribution is -2.37. The van der Waals surface area contributed by atoms with Crippen molar-refractivity contribution < 1.29 is 13.2 Å². The van der Waals surface area contributed by atoms with Gasteiger partial charge in [-0.15, -0.1) is 45.5 Å². The fraction of sp³-hybridized carbons (Fsp3) is 0.600. The van der Waals surface area contributed by atoms with Crippen LogP contribution in [0.5, 0.6) is 0 Å². The van der Waals surface area contributed by atoms with E-state index in [0.29, 0.717) is 29.9 Å². The molecule has 0 aliphatic rings. The van der Waals surface area contributed by atoms with Gasteiger partial charge in [0.2, 0.25) is 0 Å². The molecule has 2 aromatic heterocycles. The van der Waals surface area contributed by atoms with Gasteiger partial charge in [-0.25, -0.2) is 9.98 Å². The number of aryl methyl sites for hydroxylation is 1. The molecule has 2 N–H and O–H groups in total. The van der Waals surface area contributed by atoms with Crippen LogP contribution in [-0.4, -0.2) is 32.3 Å². The van der Waals surface area contributed by atoms with Crippen LogP contribution in [0.1, 0.15) is 42.1 Å². The normalized spacial score (nSPS) is 12.0. The van der Waals surface area contributed by atoms with E-state index in [9.17, 15) is 13.2 Å². The van der Waals surface area contributed by atoms with E-state index in [1.807, 2.05) is 18.5 Å². The van der Waals surface area contributed by atoms with Gasteiger partial charge in [0.25, 0.3) is 0 Å². The van der Waals surface area contributed by atoms with E-state index in [-0.39, 0.29) is 30.5 Å². The van der Waals surface area contributed by atoms with Gasteiger partial charge in [0.05, 0.1) is 6.54 Å². The fourth-order valence-electron chi connectivity index (χ4n) is 1.98. The summed E-state index contributed by atoms with van der Waals surface area (Å²) in [7, 11) is 1.85. The number of rotatable bonds is 7. The maximum Gasteiger partial charge on any atom is 0.434 e. The van der Waals surface area contributed by atoms with E-state index >= 15 is 0 Å². The van der Waals surface area contributed by atoms with Gasteiger partial charge in [0, 0.05) is 19.0 Å². The minimum Gasteiger partial charge on any atom is -0.356 e. The maximum atomic E-state index is 12.6. The molecule has 152 valence electrons. The van der Waals surface area contributed by atoms with Crippen LogP contribution < -0.4 is 10.6 Å². The second kappa shape index (κ2) is 10.8. The summed E-state index contributed by atoms with van der Waals surface area (Å²) < 4.78 is 39.7. The number of hydrogen-bond donors (Lipinski definition) is 2. The van der Waals surface area contributed by atoms with Crippen molar-refractivity contribution >= 4 is 41.3 Å². The van der Waals surface area contributed by atoms with Gasteiger partial charge in [-0.2, -0.15) is 13.2 Å². The Balaban J connectivity index is 0.00000364. The highest BCUT2D eigenvalue weighted by Crippen LogP contribution is 2.29. The van der Waals surface area contributed by atoms with E-state index in [1.54, 1.807) is 0 Å². The molecule has 12 heteroatoms. The first kappa shape index (κ1) is 23.6. The minimum atomic E-state index is -4.42. The number of nitrogens with zero attached hydrogens (tertiary/aromatic N) is 5. The zero-order valence-corrected chi connectivity index (χ0v) is 18.4. The molecule has 0 radical (unpaired) electrons. The Morgan fingerprint density at radius 1 is 1.30 bits per heavy atom. The van der Waals surface area contributed by atoms with E-state index in [0.717, 1.165) is 35.4 Å². The smallest absolute Gasteiger partial charge is 0.356 e. The van der Waals surface area contributed by atoms with Crippen molar-refractivity contribution in [1.82, 2.24) is 30.4 Å². The van der Waals surface area contributed by atoms with E-state index in [4.69, 9.17) is 0 Å². The minimum absolute atomic E-state index is 0. The summed E-state index contributed by atoms with van der Waals surface area (Å²) >= 11 is 0.964. The largest absolute Gasteiger partial charge is 0.434 e. The molecule has 0 saturated carbocycles. The van der Waals surface area contributed by atoms with Crippen LogP contribution in [-0.2, 0) is 26.3 Å². The van der Waals surface area contributed by atoms with E-state index < -0.39 is 11.9 Å². The maximum absolute atomic E-state index is 12.6. The molecule has 0 unspecified atom stereocenters. The number of halogens is 4. The second-order valence-corrected chi connectivity index (χ2v) is 6.59. The number of aliphatic imine (C=N–C) groups is 1. The summed E-state index contributed by atoms with van der Waals surface area (Å²) in [6.45, 7) is 5.11. The molecule has 0 spiro atoms. The van der Waals surface area contributed by atoms with Crippen molar-refractivity contribution in [3.63, 3.8) is 0 Å². The van der Waals surface area contributed by atoms with Gasteiger partial charge in [-0.3, -0.25) is 0 Å². The molecule has 0 fully saturated rings. The Kier molecular flexibility index (Phi) is 9.42. The van der Waals surface area contributed by atoms with Crippen molar-refractivity contribution in [2.45, 2.75) is 46.0 Å². The first-order valence-corrected chi connectivity index (χ1v) is 9.08. The quantitative estimate of drug-likeness (QED) is 0.255. The highest BCUT2D eigenvalue weighted by molar-refractivity contribution is 14.0. The molecule has 7 nitrogen and oxygen atoms in total. The lowest BCUT2D eigenvalue weighted by molar-refractivity contribution is -0.140. The molecule has 0 aliphatic carbocycles.